The van der Waals surface area contributed by atoms with Crippen LogP contribution in [0.5, 0.6) is 0 Å². The molecule has 0 saturated carbocycles. The minimum Gasteiger partial charge on any atom is -0.479 e. The Morgan fingerprint density at radius 3 is 2.27 bits per heavy atom. The molecule has 0 aromatic rings. The summed E-state index contributed by atoms with van der Waals surface area (Å²) in [5.41, 5.74) is 0. The molecule has 0 radical (unpaired) electrons. The van der Waals surface area contributed by atoms with Gasteiger partial charge in [0.1, 0.15) is 0 Å². The van der Waals surface area contributed by atoms with Gasteiger partial charge in [0.2, 0.25) is 0 Å². The highest BCUT2D eigenvalue weighted by molar-refractivity contribution is 5.72. The van der Waals surface area contributed by atoms with Crippen LogP contribution < -0.4 is 0 Å². The van der Waals surface area contributed by atoms with Gasteiger partial charge in [-0.3, -0.25) is 0 Å². The molecule has 0 aromatic heterocycles. The third-order valence-corrected chi connectivity index (χ3v) is 2.85. The minimum atomic E-state index is -1.68. The van der Waals surface area contributed by atoms with Crippen LogP contribution in [0.15, 0.2) is 0 Å². The summed E-state index contributed by atoms with van der Waals surface area (Å²) in [6.45, 7) is 4.00. The number of unbranched alkanes of at least 4 members (excludes halogenated alkanes) is 4. The van der Waals surface area contributed by atoms with Crippen LogP contribution in [0, 0.1) is 5.92 Å². The summed E-state index contributed by atoms with van der Waals surface area (Å²) in [5.74, 6) is -1.61. The normalized spacial score (nSPS) is 14.9. The Morgan fingerprint density at radius 2 is 1.80 bits per heavy atom. The topological polar surface area (TPSA) is 37.3 Å². The Bertz CT molecular complexity index is 171. The number of aliphatic carboxylic acids is 1. The first-order valence-corrected chi connectivity index (χ1v) is 6.00. The Hall–Kier alpha value is -0.600. The maximum absolute atomic E-state index is 13.2. The van der Waals surface area contributed by atoms with E-state index in [1.54, 1.807) is 0 Å². The van der Waals surface area contributed by atoms with E-state index in [1.807, 2.05) is 6.92 Å². The molecule has 0 saturated heterocycles. The highest BCUT2D eigenvalue weighted by atomic mass is 19.1. The van der Waals surface area contributed by atoms with Crippen LogP contribution in [0.1, 0.15) is 58.8 Å². The second-order valence-corrected chi connectivity index (χ2v) is 4.11. The Labute approximate surface area is 91.9 Å². The maximum atomic E-state index is 13.2. The molecule has 2 unspecified atom stereocenters. The summed E-state index contributed by atoms with van der Waals surface area (Å²) in [6.07, 6.45) is 5.27. The third-order valence-electron chi connectivity index (χ3n) is 2.85. The lowest BCUT2D eigenvalue weighted by Crippen LogP contribution is -2.24. The van der Waals surface area contributed by atoms with Gasteiger partial charge in [0.05, 0.1) is 0 Å². The molecular formula is C12H23FO2. The van der Waals surface area contributed by atoms with Crippen molar-refractivity contribution in [2.75, 3.05) is 0 Å². The summed E-state index contributed by atoms with van der Waals surface area (Å²) in [7, 11) is 0. The molecule has 0 amide bonds. The average molecular weight is 218 g/mol. The number of carboxylic acids is 1. The van der Waals surface area contributed by atoms with Crippen molar-refractivity contribution in [3.63, 3.8) is 0 Å². The molecule has 0 bridgehead atoms. The zero-order valence-electron chi connectivity index (χ0n) is 9.84. The smallest absolute Gasteiger partial charge is 0.338 e. The van der Waals surface area contributed by atoms with Gasteiger partial charge >= 0.3 is 5.97 Å². The van der Waals surface area contributed by atoms with E-state index in [4.69, 9.17) is 5.11 Å². The molecule has 90 valence electrons. The highest BCUT2D eigenvalue weighted by Gasteiger charge is 2.25. The van der Waals surface area contributed by atoms with Crippen molar-refractivity contribution in [3.8, 4) is 0 Å². The zero-order valence-corrected chi connectivity index (χ0v) is 9.84. The molecule has 0 fully saturated rings. The fourth-order valence-electron chi connectivity index (χ4n) is 1.77. The van der Waals surface area contributed by atoms with E-state index in [9.17, 15) is 9.18 Å². The SMILES string of the molecule is CCCCCCCC(CC)C(F)C(=O)O. The number of hydrogen-bond acceptors (Lipinski definition) is 1. The van der Waals surface area contributed by atoms with Crippen LogP contribution in [0.25, 0.3) is 0 Å². The van der Waals surface area contributed by atoms with Gasteiger partial charge in [-0.15, -0.1) is 0 Å². The predicted molar refractivity (Wildman–Crippen MR) is 59.7 cm³/mol. The van der Waals surface area contributed by atoms with Crippen LogP contribution in [0.2, 0.25) is 0 Å². The number of halogens is 1. The van der Waals surface area contributed by atoms with Crippen molar-refractivity contribution < 1.29 is 14.3 Å². The van der Waals surface area contributed by atoms with Crippen molar-refractivity contribution in [1.29, 1.82) is 0 Å². The molecule has 0 heterocycles. The summed E-state index contributed by atoms with van der Waals surface area (Å²) < 4.78 is 13.2. The Balaban J connectivity index is 3.66. The zero-order chi connectivity index (χ0) is 11.7. The van der Waals surface area contributed by atoms with Gasteiger partial charge in [0, 0.05) is 5.92 Å². The van der Waals surface area contributed by atoms with Crippen LogP contribution >= 0.6 is 0 Å². The third kappa shape index (κ3) is 6.47. The van der Waals surface area contributed by atoms with Gasteiger partial charge in [-0.25, -0.2) is 9.18 Å². The van der Waals surface area contributed by atoms with E-state index in [-0.39, 0.29) is 5.92 Å². The standard InChI is InChI=1S/C12H23FO2/c1-3-5-6-7-8-9-10(4-2)11(13)12(14)15/h10-11H,3-9H2,1-2H3,(H,14,15). The molecule has 0 aromatic carbocycles. The van der Waals surface area contributed by atoms with Gasteiger partial charge in [-0.05, 0) is 12.8 Å². The lowest BCUT2D eigenvalue weighted by Gasteiger charge is -2.15. The van der Waals surface area contributed by atoms with E-state index in [0.29, 0.717) is 12.8 Å². The van der Waals surface area contributed by atoms with Crippen LogP contribution in [0.3, 0.4) is 0 Å². The van der Waals surface area contributed by atoms with Crippen LogP contribution in [-0.4, -0.2) is 17.2 Å². The van der Waals surface area contributed by atoms with Crippen molar-refractivity contribution in [1.82, 2.24) is 0 Å². The molecule has 2 nitrogen and oxygen atoms in total. The highest BCUT2D eigenvalue weighted by Crippen LogP contribution is 2.20. The fraction of sp³-hybridized carbons (Fsp3) is 0.917. The first-order valence-electron chi connectivity index (χ1n) is 6.00. The molecule has 1 N–H and O–H groups in total. The number of hydrogen-bond donors (Lipinski definition) is 1. The van der Waals surface area contributed by atoms with Gasteiger partial charge in [0.25, 0.3) is 0 Å². The lowest BCUT2D eigenvalue weighted by molar-refractivity contribution is -0.145. The lowest BCUT2D eigenvalue weighted by atomic mass is 9.93. The molecule has 3 heteroatoms. The summed E-state index contributed by atoms with van der Waals surface area (Å²) in [4.78, 5) is 10.5. The first-order chi connectivity index (χ1) is 7.13. The summed E-state index contributed by atoms with van der Waals surface area (Å²) >= 11 is 0. The van der Waals surface area contributed by atoms with E-state index in [2.05, 4.69) is 6.92 Å². The Morgan fingerprint density at radius 1 is 1.20 bits per heavy atom. The number of carbonyl (C=O) groups is 1. The van der Waals surface area contributed by atoms with Crippen molar-refractivity contribution >= 4 is 5.97 Å². The maximum Gasteiger partial charge on any atom is 0.338 e. The molecule has 2 atom stereocenters. The average Bonchev–Trinajstić information content (AvgIpc) is 2.22. The number of alkyl halides is 1. The molecule has 0 aliphatic rings. The second-order valence-electron chi connectivity index (χ2n) is 4.11. The van der Waals surface area contributed by atoms with Gasteiger partial charge in [-0.1, -0.05) is 46.0 Å². The largest absolute Gasteiger partial charge is 0.479 e. The first kappa shape index (κ1) is 14.4. The van der Waals surface area contributed by atoms with E-state index < -0.39 is 12.1 Å². The van der Waals surface area contributed by atoms with Gasteiger partial charge < -0.3 is 5.11 Å². The van der Waals surface area contributed by atoms with Crippen molar-refractivity contribution in [2.45, 2.75) is 65.0 Å². The molecule has 15 heavy (non-hydrogen) atoms. The van der Waals surface area contributed by atoms with E-state index in [0.717, 1.165) is 12.8 Å². The Kier molecular flexibility index (Phi) is 8.34. The number of carboxylic acid groups (broad SMARTS) is 1. The quantitative estimate of drug-likeness (QED) is 0.598. The second kappa shape index (κ2) is 8.69. The van der Waals surface area contributed by atoms with E-state index in [1.165, 1.54) is 19.3 Å². The van der Waals surface area contributed by atoms with Crippen LogP contribution in [0.4, 0.5) is 4.39 Å². The summed E-state index contributed by atoms with van der Waals surface area (Å²) in [6, 6.07) is 0. The number of rotatable bonds is 9. The van der Waals surface area contributed by atoms with E-state index >= 15 is 0 Å². The molecular weight excluding hydrogens is 195 g/mol. The van der Waals surface area contributed by atoms with Crippen molar-refractivity contribution in [2.24, 2.45) is 5.92 Å². The molecule has 0 aliphatic carbocycles. The van der Waals surface area contributed by atoms with Gasteiger partial charge in [-0.2, -0.15) is 0 Å². The molecule has 0 spiro atoms. The minimum absolute atomic E-state index is 0.302. The predicted octanol–water partition coefficient (Wildman–Crippen LogP) is 3.80. The fourth-order valence-corrected chi connectivity index (χ4v) is 1.77. The van der Waals surface area contributed by atoms with Gasteiger partial charge in [0.15, 0.2) is 6.17 Å². The summed E-state index contributed by atoms with van der Waals surface area (Å²) in [5, 5.41) is 8.55. The monoisotopic (exact) mass is 218 g/mol. The molecule has 0 aliphatic heterocycles. The van der Waals surface area contributed by atoms with Crippen LogP contribution in [-0.2, 0) is 4.79 Å². The molecule has 0 rings (SSSR count). The van der Waals surface area contributed by atoms with Crippen molar-refractivity contribution in [3.05, 3.63) is 0 Å².